The molecule has 2 heterocycles. The molecule has 0 aliphatic carbocycles. The third kappa shape index (κ3) is 2.15. The van der Waals surface area contributed by atoms with E-state index in [4.69, 9.17) is 5.11 Å². The smallest absolute Gasteiger partial charge is 0.138 e. The summed E-state index contributed by atoms with van der Waals surface area (Å²) in [7, 11) is 0. The lowest BCUT2D eigenvalue weighted by Crippen LogP contribution is -2.20. The van der Waals surface area contributed by atoms with Crippen molar-refractivity contribution in [2.75, 3.05) is 11.9 Å². The maximum absolute atomic E-state index is 9.02. The summed E-state index contributed by atoms with van der Waals surface area (Å²) < 4.78 is 0. The first-order chi connectivity index (χ1) is 7.74. The number of aliphatic hydroxyl groups excluding tert-OH is 1. The van der Waals surface area contributed by atoms with Crippen LogP contribution >= 0.6 is 11.3 Å². The largest absolute Gasteiger partial charge is 0.394 e. The lowest BCUT2D eigenvalue weighted by molar-refractivity contribution is 0.281. The summed E-state index contributed by atoms with van der Waals surface area (Å²) in [6, 6.07) is 2.12. The van der Waals surface area contributed by atoms with Gasteiger partial charge in [0, 0.05) is 10.9 Å². The molecule has 0 saturated heterocycles. The van der Waals surface area contributed by atoms with Gasteiger partial charge in [0.1, 0.15) is 17.0 Å². The zero-order chi connectivity index (χ0) is 11.5. The molecule has 2 aromatic rings. The maximum atomic E-state index is 9.02. The molecule has 2 N–H and O–H groups in total. The zero-order valence-corrected chi connectivity index (χ0v) is 10.2. The van der Waals surface area contributed by atoms with E-state index in [2.05, 4.69) is 28.3 Å². The molecular formula is C11H15N3OS. The molecule has 0 fully saturated rings. The van der Waals surface area contributed by atoms with E-state index in [0.717, 1.165) is 22.5 Å². The second-order valence-electron chi connectivity index (χ2n) is 3.74. The molecule has 1 atom stereocenters. The number of aromatic nitrogens is 2. The highest BCUT2D eigenvalue weighted by atomic mass is 32.1. The van der Waals surface area contributed by atoms with Gasteiger partial charge >= 0.3 is 0 Å². The Morgan fingerprint density at radius 3 is 3.00 bits per heavy atom. The van der Waals surface area contributed by atoms with Gasteiger partial charge in [-0.2, -0.15) is 0 Å². The van der Waals surface area contributed by atoms with Crippen molar-refractivity contribution < 1.29 is 5.11 Å². The highest BCUT2D eigenvalue weighted by molar-refractivity contribution is 7.18. The first-order valence-electron chi connectivity index (χ1n) is 5.35. The number of aliphatic hydroxyl groups is 1. The summed E-state index contributed by atoms with van der Waals surface area (Å²) in [5.41, 5.74) is 0. The van der Waals surface area contributed by atoms with E-state index >= 15 is 0 Å². The first-order valence-corrected chi connectivity index (χ1v) is 6.17. The second-order valence-corrected chi connectivity index (χ2v) is 4.85. The van der Waals surface area contributed by atoms with Crippen molar-refractivity contribution in [3.8, 4) is 0 Å². The molecule has 0 saturated carbocycles. The molecule has 0 aromatic carbocycles. The van der Waals surface area contributed by atoms with Gasteiger partial charge in [0.2, 0.25) is 0 Å². The summed E-state index contributed by atoms with van der Waals surface area (Å²) in [4.78, 5) is 10.8. The molecule has 5 heteroatoms. The fourth-order valence-corrected chi connectivity index (χ4v) is 2.41. The van der Waals surface area contributed by atoms with Crippen LogP contribution in [0.1, 0.15) is 18.7 Å². The van der Waals surface area contributed by atoms with Crippen LogP contribution in [-0.4, -0.2) is 27.7 Å². The van der Waals surface area contributed by atoms with Crippen molar-refractivity contribution in [3.63, 3.8) is 0 Å². The highest BCUT2D eigenvalue weighted by Crippen LogP contribution is 2.28. The Bertz CT molecular complexity index is 483. The van der Waals surface area contributed by atoms with Crippen molar-refractivity contribution >= 4 is 27.4 Å². The average Bonchev–Trinajstić information content (AvgIpc) is 2.73. The number of hydrogen-bond donors (Lipinski definition) is 2. The van der Waals surface area contributed by atoms with Gasteiger partial charge in [0.05, 0.1) is 12.0 Å². The highest BCUT2D eigenvalue weighted by Gasteiger charge is 2.09. The number of fused-ring (bicyclic) bond motifs is 1. The van der Waals surface area contributed by atoms with Crippen LogP contribution < -0.4 is 5.32 Å². The molecule has 16 heavy (non-hydrogen) atoms. The molecule has 86 valence electrons. The summed E-state index contributed by atoms with van der Waals surface area (Å²) in [6.07, 6.45) is 2.57. The van der Waals surface area contributed by atoms with E-state index in [1.54, 1.807) is 17.7 Å². The Balaban J connectivity index is 2.40. The number of hydrogen-bond acceptors (Lipinski definition) is 5. The summed E-state index contributed by atoms with van der Waals surface area (Å²) in [5, 5.41) is 13.2. The Hall–Kier alpha value is -1.20. The first kappa shape index (κ1) is 11.3. The standard InChI is InChI=1S/C11H15N3OS/c1-3-8-4-9-10(14-7(2)5-15)12-6-13-11(9)16-8/h4,6-7,15H,3,5H2,1-2H3,(H,12,13,14). The third-order valence-corrected chi connectivity index (χ3v) is 3.57. The summed E-state index contributed by atoms with van der Waals surface area (Å²) in [6.45, 7) is 4.14. The second kappa shape index (κ2) is 4.76. The Morgan fingerprint density at radius 1 is 1.50 bits per heavy atom. The van der Waals surface area contributed by atoms with Gasteiger partial charge in [0.15, 0.2) is 0 Å². The lowest BCUT2D eigenvalue weighted by atomic mass is 10.3. The van der Waals surface area contributed by atoms with E-state index < -0.39 is 0 Å². The van der Waals surface area contributed by atoms with Crippen molar-refractivity contribution in [1.82, 2.24) is 9.97 Å². The van der Waals surface area contributed by atoms with E-state index in [0.29, 0.717) is 0 Å². The van der Waals surface area contributed by atoms with Crippen molar-refractivity contribution in [3.05, 3.63) is 17.3 Å². The fraction of sp³-hybridized carbons (Fsp3) is 0.455. The van der Waals surface area contributed by atoms with Gasteiger partial charge < -0.3 is 10.4 Å². The van der Waals surface area contributed by atoms with Gasteiger partial charge in [-0.15, -0.1) is 11.3 Å². The fourth-order valence-electron chi connectivity index (χ4n) is 1.47. The minimum atomic E-state index is 0.00285. The number of thiophene rings is 1. The van der Waals surface area contributed by atoms with Gasteiger partial charge in [-0.05, 0) is 19.4 Å². The van der Waals surface area contributed by atoms with Crippen LogP contribution in [0.2, 0.25) is 0 Å². The minimum Gasteiger partial charge on any atom is -0.394 e. The molecule has 2 aromatic heterocycles. The van der Waals surface area contributed by atoms with Crippen molar-refractivity contribution in [1.29, 1.82) is 0 Å². The normalized spacial score (nSPS) is 12.9. The Morgan fingerprint density at radius 2 is 2.31 bits per heavy atom. The third-order valence-electron chi connectivity index (χ3n) is 2.39. The molecule has 0 bridgehead atoms. The predicted octanol–water partition coefficient (Wildman–Crippen LogP) is 2.05. The SMILES string of the molecule is CCc1cc2c(NC(C)CO)ncnc2s1. The predicted molar refractivity (Wildman–Crippen MR) is 67.0 cm³/mol. The van der Waals surface area contributed by atoms with E-state index in [9.17, 15) is 0 Å². The molecule has 4 nitrogen and oxygen atoms in total. The van der Waals surface area contributed by atoms with Crippen LogP contribution in [0.5, 0.6) is 0 Å². The van der Waals surface area contributed by atoms with Gasteiger partial charge in [-0.1, -0.05) is 6.92 Å². The minimum absolute atomic E-state index is 0.00285. The van der Waals surface area contributed by atoms with Crippen molar-refractivity contribution in [2.45, 2.75) is 26.3 Å². The van der Waals surface area contributed by atoms with Crippen LogP contribution in [0.25, 0.3) is 10.2 Å². The van der Waals surface area contributed by atoms with Crippen LogP contribution in [0.4, 0.5) is 5.82 Å². The number of nitrogens with zero attached hydrogens (tertiary/aromatic N) is 2. The van der Waals surface area contributed by atoms with Crippen LogP contribution in [0, 0.1) is 0 Å². The number of nitrogens with one attached hydrogen (secondary N) is 1. The molecular weight excluding hydrogens is 222 g/mol. The van der Waals surface area contributed by atoms with Crippen LogP contribution in [-0.2, 0) is 6.42 Å². The molecule has 0 aliphatic heterocycles. The van der Waals surface area contributed by atoms with E-state index in [1.807, 2.05) is 6.92 Å². The maximum Gasteiger partial charge on any atom is 0.138 e. The number of rotatable bonds is 4. The Kier molecular flexibility index (Phi) is 3.36. The van der Waals surface area contributed by atoms with E-state index in [1.165, 1.54) is 4.88 Å². The monoisotopic (exact) mass is 237 g/mol. The average molecular weight is 237 g/mol. The molecule has 0 spiro atoms. The molecule has 0 amide bonds. The molecule has 0 aliphatic rings. The quantitative estimate of drug-likeness (QED) is 0.854. The van der Waals surface area contributed by atoms with Gasteiger partial charge in [-0.3, -0.25) is 0 Å². The molecule has 0 radical (unpaired) electrons. The van der Waals surface area contributed by atoms with Gasteiger partial charge in [-0.25, -0.2) is 9.97 Å². The van der Waals surface area contributed by atoms with E-state index in [-0.39, 0.29) is 12.6 Å². The zero-order valence-electron chi connectivity index (χ0n) is 9.40. The Labute approximate surface area is 98.4 Å². The summed E-state index contributed by atoms with van der Waals surface area (Å²) >= 11 is 1.69. The summed E-state index contributed by atoms with van der Waals surface area (Å²) in [5.74, 6) is 0.808. The van der Waals surface area contributed by atoms with Crippen molar-refractivity contribution in [2.24, 2.45) is 0 Å². The molecule has 1 unspecified atom stereocenters. The lowest BCUT2D eigenvalue weighted by Gasteiger charge is -2.11. The topological polar surface area (TPSA) is 58.0 Å². The van der Waals surface area contributed by atoms with Crippen LogP contribution in [0.15, 0.2) is 12.4 Å². The number of anilines is 1. The van der Waals surface area contributed by atoms with Crippen LogP contribution in [0.3, 0.4) is 0 Å². The number of aryl methyl sites for hydroxylation is 1. The molecule has 2 rings (SSSR count). The van der Waals surface area contributed by atoms with Gasteiger partial charge in [0.25, 0.3) is 0 Å².